The Morgan fingerprint density at radius 2 is 1.50 bits per heavy atom. The van der Waals surface area contributed by atoms with Crippen molar-refractivity contribution in [2.45, 2.75) is 65.0 Å². The Balaban J connectivity index is 2.72. The van der Waals surface area contributed by atoms with Crippen LogP contribution in [0.2, 0.25) is 38.3 Å². The number of rotatable bonds is 17. The molecule has 0 heterocycles. The first-order valence-electron chi connectivity index (χ1n) is 12.6. The van der Waals surface area contributed by atoms with E-state index >= 15 is 0 Å². The summed E-state index contributed by atoms with van der Waals surface area (Å²) < 4.78 is 16.5. The van der Waals surface area contributed by atoms with Crippen molar-refractivity contribution >= 4 is 52.0 Å². The first-order chi connectivity index (χ1) is 15.3. The highest BCUT2D eigenvalue weighted by Gasteiger charge is 2.36. The first-order valence-corrected chi connectivity index (χ1v) is 22.3. The van der Waals surface area contributed by atoms with Gasteiger partial charge in [-0.3, -0.25) is 0 Å². The molecule has 5 nitrogen and oxygen atoms in total. The summed E-state index contributed by atoms with van der Waals surface area (Å²) >= 11 is 0. The predicted molar refractivity (Wildman–Crippen MR) is 153 cm³/mol. The van der Waals surface area contributed by atoms with Gasteiger partial charge < -0.3 is 23.5 Å². The van der Waals surface area contributed by atoms with Crippen molar-refractivity contribution in [1.29, 1.82) is 0 Å². The highest BCUT2D eigenvalue weighted by atomic mass is 28.4. The lowest BCUT2D eigenvalue weighted by Crippen LogP contribution is -2.43. The van der Waals surface area contributed by atoms with Gasteiger partial charge in [0, 0.05) is 55.7 Å². The number of benzene rings is 1. The van der Waals surface area contributed by atoms with Crippen LogP contribution in [0.4, 0.5) is 5.69 Å². The average molecular weight is 515 g/mol. The monoisotopic (exact) mass is 514 g/mol. The molecule has 0 aliphatic heterocycles. The molecule has 0 saturated heterocycles. The van der Waals surface area contributed by atoms with E-state index in [1.165, 1.54) is 18.6 Å². The van der Waals surface area contributed by atoms with E-state index in [2.05, 4.69) is 62.4 Å². The third-order valence-electron chi connectivity index (χ3n) is 6.47. The molecule has 32 heavy (non-hydrogen) atoms. The molecule has 0 aliphatic rings. The zero-order valence-corrected chi connectivity index (χ0v) is 27.1. The van der Waals surface area contributed by atoms with Crippen LogP contribution in [0.25, 0.3) is 0 Å². The van der Waals surface area contributed by atoms with Crippen molar-refractivity contribution in [3.05, 3.63) is 17.7 Å². The van der Waals surface area contributed by atoms with Crippen LogP contribution < -0.4 is 20.6 Å². The molecule has 0 aromatic heterocycles. The second kappa shape index (κ2) is 15.6. The quantitative estimate of drug-likeness (QED) is 0.254. The van der Waals surface area contributed by atoms with E-state index in [1.807, 2.05) is 0 Å². The van der Waals surface area contributed by atoms with Gasteiger partial charge in [-0.2, -0.15) is 0 Å². The molecule has 0 saturated carbocycles. The van der Waals surface area contributed by atoms with E-state index < -0.39 is 26.4 Å². The average Bonchev–Trinajstić information content (AvgIpc) is 2.79. The maximum absolute atomic E-state index is 5.51. The predicted octanol–water partition coefficient (Wildman–Crippen LogP) is 1.87. The van der Waals surface area contributed by atoms with Crippen molar-refractivity contribution in [2.75, 3.05) is 52.0 Å². The molecule has 0 unspecified atom stereocenters. The molecule has 1 aromatic carbocycles. The lowest BCUT2D eigenvalue weighted by atomic mass is 10.1. The van der Waals surface area contributed by atoms with Crippen LogP contribution in [0.5, 0.6) is 0 Å². The fraction of sp³-hybridized carbons (Fsp3) is 0.739. The number of anilines is 1. The molecular formula is C23H50N2O3Si4. The number of hydrogen-bond acceptors (Lipinski definition) is 5. The Morgan fingerprint density at radius 3 is 2.00 bits per heavy atom. The van der Waals surface area contributed by atoms with Gasteiger partial charge in [0.05, 0.1) is 17.6 Å². The summed E-state index contributed by atoms with van der Waals surface area (Å²) in [6.07, 6.45) is 3.50. The van der Waals surface area contributed by atoms with Crippen molar-refractivity contribution in [1.82, 2.24) is 5.32 Å². The number of nitrogens with one attached hydrogen (secondary N) is 1. The highest BCUT2D eigenvalue weighted by molar-refractivity contribution is 6.74. The summed E-state index contributed by atoms with van der Waals surface area (Å²) in [5.74, 6) is 0. The zero-order valence-electron chi connectivity index (χ0n) is 22.3. The molecule has 0 amide bonds. The van der Waals surface area contributed by atoms with E-state index in [0.717, 1.165) is 32.1 Å². The fourth-order valence-electron chi connectivity index (χ4n) is 4.52. The van der Waals surface area contributed by atoms with Gasteiger partial charge in [-0.05, 0) is 50.2 Å². The van der Waals surface area contributed by atoms with Crippen LogP contribution in [0, 0.1) is 0 Å². The van der Waals surface area contributed by atoms with E-state index in [1.54, 1.807) is 43.0 Å². The van der Waals surface area contributed by atoms with Crippen LogP contribution in [0.3, 0.4) is 0 Å². The van der Waals surface area contributed by atoms with Crippen molar-refractivity contribution in [3.63, 3.8) is 0 Å². The van der Waals surface area contributed by atoms with Crippen molar-refractivity contribution in [2.24, 2.45) is 0 Å². The first kappa shape index (κ1) is 29.8. The highest BCUT2D eigenvalue weighted by Crippen LogP contribution is 2.21. The van der Waals surface area contributed by atoms with Crippen LogP contribution in [-0.4, -0.2) is 83.0 Å². The van der Waals surface area contributed by atoms with E-state index in [-0.39, 0.29) is 9.52 Å². The lowest BCUT2D eigenvalue weighted by Gasteiger charge is -2.31. The molecule has 0 radical (unpaired) electrons. The summed E-state index contributed by atoms with van der Waals surface area (Å²) in [5, 5.41) is 7.04. The maximum Gasteiger partial charge on any atom is 0.500 e. The largest absolute Gasteiger partial charge is 0.500 e. The molecule has 0 aliphatic carbocycles. The summed E-state index contributed by atoms with van der Waals surface area (Å²) in [5.41, 5.74) is 3.33. The van der Waals surface area contributed by atoms with Crippen molar-refractivity contribution < 1.29 is 13.3 Å². The molecule has 0 atom stereocenters. The van der Waals surface area contributed by atoms with Crippen molar-refractivity contribution in [3.8, 4) is 0 Å². The topological polar surface area (TPSA) is 43.0 Å². The molecule has 0 fully saturated rings. The number of hydrogen-bond donors (Lipinski definition) is 1. The molecule has 186 valence electrons. The lowest BCUT2D eigenvalue weighted by molar-refractivity contribution is 0.123. The molecule has 9 heteroatoms. The van der Waals surface area contributed by atoms with E-state index in [0.29, 0.717) is 0 Å². The minimum absolute atomic E-state index is 0.121. The molecule has 1 N–H and O–H groups in total. The van der Waals surface area contributed by atoms with Gasteiger partial charge in [-0.1, -0.05) is 49.6 Å². The SMILES string of the molecule is CCN(CC)c1c([SiH](C)C)ccc([SiH](C)C)c1CC[SiH2]CNCCC[Si](OC)(OC)OC. The third-order valence-corrected chi connectivity index (χ3v) is 14.4. The Kier molecular flexibility index (Phi) is 14.5. The van der Waals surface area contributed by atoms with E-state index in [9.17, 15) is 0 Å². The molecular weight excluding hydrogens is 465 g/mol. The summed E-state index contributed by atoms with van der Waals surface area (Å²) in [4.78, 5) is 2.63. The van der Waals surface area contributed by atoms with Gasteiger partial charge >= 0.3 is 8.80 Å². The Bertz CT molecular complexity index is 646. The van der Waals surface area contributed by atoms with Crippen LogP contribution >= 0.6 is 0 Å². The minimum Gasteiger partial charge on any atom is -0.377 e. The van der Waals surface area contributed by atoms with Gasteiger partial charge in [0.1, 0.15) is 0 Å². The fourth-order valence-corrected chi connectivity index (χ4v) is 10.4. The van der Waals surface area contributed by atoms with Gasteiger partial charge in [-0.25, -0.2) is 0 Å². The smallest absolute Gasteiger partial charge is 0.377 e. The van der Waals surface area contributed by atoms with Gasteiger partial charge in [0.25, 0.3) is 0 Å². The zero-order chi connectivity index (χ0) is 24.1. The third kappa shape index (κ3) is 8.50. The van der Waals surface area contributed by atoms with Gasteiger partial charge in [-0.15, -0.1) is 0 Å². The summed E-state index contributed by atoms with van der Waals surface area (Å²) in [6, 6.07) is 7.23. The summed E-state index contributed by atoms with van der Waals surface area (Å²) in [6.45, 7) is 17.8. The van der Waals surface area contributed by atoms with Crippen LogP contribution in [0.15, 0.2) is 12.1 Å². The van der Waals surface area contributed by atoms with Crippen LogP contribution in [-0.2, 0) is 19.7 Å². The second-order valence-electron chi connectivity index (χ2n) is 9.16. The Hall–Kier alpha value is -0.272. The minimum atomic E-state index is -2.42. The molecule has 1 rings (SSSR count). The second-order valence-corrected chi connectivity index (χ2v) is 20.0. The normalized spacial score (nSPS) is 12.6. The van der Waals surface area contributed by atoms with Gasteiger partial charge in [0.15, 0.2) is 0 Å². The standard InChI is InChI=1S/C23H50N2O3Si4/c1-10-25(11-2)23-20(21(30(6)7)13-14-22(23)31(8)9)15-17-29-19-24-16-12-18-32(26-3,27-4)28-5/h13-14,24,30-31H,10-12,15-19,29H2,1-9H3. The van der Waals surface area contributed by atoms with Crippen LogP contribution in [0.1, 0.15) is 25.8 Å². The number of nitrogens with zero attached hydrogens (tertiary/aromatic N) is 1. The molecule has 0 bridgehead atoms. The molecule has 1 aromatic rings. The molecule has 0 spiro atoms. The van der Waals surface area contributed by atoms with E-state index in [4.69, 9.17) is 13.3 Å². The Labute approximate surface area is 205 Å². The van der Waals surface area contributed by atoms with Gasteiger partial charge in [0.2, 0.25) is 0 Å². The summed E-state index contributed by atoms with van der Waals surface area (Å²) in [7, 11) is 0.809. The Morgan fingerprint density at radius 1 is 0.938 bits per heavy atom. The maximum atomic E-state index is 5.51.